The van der Waals surface area contributed by atoms with E-state index < -0.39 is 36.4 Å². The van der Waals surface area contributed by atoms with Crippen molar-refractivity contribution in [2.45, 2.75) is 57.5 Å². The second-order valence-corrected chi connectivity index (χ2v) is 5.99. The summed E-state index contributed by atoms with van der Waals surface area (Å²) in [5, 5.41) is 16.1. The summed E-state index contributed by atoms with van der Waals surface area (Å²) in [6, 6.07) is -1.66. The quantitative estimate of drug-likeness (QED) is 0.199. The molecule has 10 nitrogen and oxygen atoms in total. The molecule has 10 heteroatoms. The first kappa shape index (κ1) is 23.8. The van der Waals surface area contributed by atoms with Crippen LogP contribution in [0.2, 0.25) is 0 Å². The summed E-state index contributed by atoms with van der Waals surface area (Å²) in [5.74, 6) is -2.60. The molecule has 0 radical (unpaired) electrons. The monoisotopic (exact) mass is 373 g/mol. The lowest BCUT2D eigenvalue weighted by molar-refractivity contribution is -0.138. The van der Waals surface area contributed by atoms with Gasteiger partial charge in [-0.25, -0.2) is 0 Å². The van der Waals surface area contributed by atoms with Crippen molar-refractivity contribution in [3.63, 3.8) is 0 Å². The SMILES string of the molecule is CC(=O)N[C@@H](CCCCN)C(=O)N[C@@H](CCCCN)C(=O)NCC(=O)O. The van der Waals surface area contributed by atoms with Crippen LogP contribution in [0.15, 0.2) is 0 Å². The number of carbonyl (C=O) groups excluding carboxylic acids is 3. The highest BCUT2D eigenvalue weighted by molar-refractivity contribution is 5.92. The number of unbranched alkanes of at least 4 members (excludes halogenated alkanes) is 2. The number of carboxylic acid groups (broad SMARTS) is 1. The maximum absolute atomic E-state index is 12.5. The molecule has 0 saturated carbocycles. The van der Waals surface area contributed by atoms with Crippen molar-refractivity contribution in [3.05, 3.63) is 0 Å². The highest BCUT2D eigenvalue weighted by Crippen LogP contribution is 2.05. The van der Waals surface area contributed by atoms with Crippen LogP contribution < -0.4 is 27.4 Å². The van der Waals surface area contributed by atoms with Crippen LogP contribution in [0.1, 0.15) is 45.4 Å². The number of carboxylic acids is 1. The number of nitrogens with two attached hydrogens (primary N) is 2. The molecule has 3 amide bonds. The van der Waals surface area contributed by atoms with Gasteiger partial charge in [0.1, 0.15) is 18.6 Å². The molecule has 0 spiro atoms. The van der Waals surface area contributed by atoms with E-state index in [1.807, 2.05) is 0 Å². The number of amides is 3. The first-order chi connectivity index (χ1) is 12.3. The van der Waals surface area contributed by atoms with Crippen LogP contribution in [-0.4, -0.2) is 60.5 Å². The fourth-order valence-electron chi connectivity index (χ4n) is 2.33. The zero-order valence-electron chi connectivity index (χ0n) is 15.3. The number of rotatable bonds is 14. The van der Waals surface area contributed by atoms with Gasteiger partial charge < -0.3 is 32.5 Å². The molecule has 0 aliphatic rings. The first-order valence-electron chi connectivity index (χ1n) is 8.78. The Labute approximate surface area is 153 Å². The molecule has 26 heavy (non-hydrogen) atoms. The average molecular weight is 373 g/mol. The smallest absolute Gasteiger partial charge is 0.322 e. The molecule has 0 saturated heterocycles. The van der Waals surface area contributed by atoms with Crippen molar-refractivity contribution in [2.75, 3.05) is 19.6 Å². The zero-order chi connectivity index (χ0) is 19.9. The van der Waals surface area contributed by atoms with Gasteiger partial charge in [-0.2, -0.15) is 0 Å². The van der Waals surface area contributed by atoms with Crippen LogP contribution in [0.3, 0.4) is 0 Å². The Hall–Kier alpha value is -2.20. The number of nitrogens with one attached hydrogen (secondary N) is 3. The molecule has 0 rings (SSSR count). The van der Waals surface area contributed by atoms with E-state index >= 15 is 0 Å². The van der Waals surface area contributed by atoms with Crippen molar-refractivity contribution in [1.29, 1.82) is 0 Å². The molecule has 0 aromatic heterocycles. The minimum Gasteiger partial charge on any atom is -0.480 e. The molecule has 2 atom stereocenters. The topological polar surface area (TPSA) is 177 Å². The van der Waals surface area contributed by atoms with E-state index in [-0.39, 0.29) is 5.91 Å². The number of hydrogen-bond donors (Lipinski definition) is 6. The largest absolute Gasteiger partial charge is 0.480 e. The van der Waals surface area contributed by atoms with Gasteiger partial charge in [-0.05, 0) is 51.6 Å². The predicted octanol–water partition coefficient (Wildman–Crippen LogP) is -1.57. The van der Waals surface area contributed by atoms with Crippen molar-refractivity contribution in [2.24, 2.45) is 11.5 Å². The van der Waals surface area contributed by atoms with Gasteiger partial charge in [-0.3, -0.25) is 19.2 Å². The molecule has 150 valence electrons. The van der Waals surface area contributed by atoms with Gasteiger partial charge in [0.2, 0.25) is 17.7 Å². The van der Waals surface area contributed by atoms with Crippen LogP contribution in [-0.2, 0) is 19.2 Å². The minimum absolute atomic E-state index is 0.323. The van der Waals surface area contributed by atoms with Crippen LogP contribution in [0.25, 0.3) is 0 Å². The van der Waals surface area contributed by atoms with E-state index in [1.165, 1.54) is 6.92 Å². The minimum atomic E-state index is -1.18. The second-order valence-electron chi connectivity index (χ2n) is 5.99. The maximum atomic E-state index is 12.5. The van der Waals surface area contributed by atoms with Crippen LogP contribution in [0.4, 0.5) is 0 Å². The summed E-state index contributed by atoms with van der Waals surface area (Å²) >= 11 is 0. The van der Waals surface area contributed by atoms with Gasteiger partial charge in [0, 0.05) is 6.92 Å². The molecule has 0 aliphatic heterocycles. The van der Waals surface area contributed by atoms with E-state index in [0.717, 1.165) is 0 Å². The molecular formula is C16H31N5O5. The van der Waals surface area contributed by atoms with E-state index in [4.69, 9.17) is 16.6 Å². The first-order valence-corrected chi connectivity index (χ1v) is 8.78. The molecular weight excluding hydrogens is 342 g/mol. The average Bonchev–Trinajstić information content (AvgIpc) is 2.57. The third-order valence-corrected chi connectivity index (χ3v) is 3.63. The molecule has 0 fully saturated rings. The van der Waals surface area contributed by atoms with E-state index in [9.17, 15) is 19.2 Å². The maximum Gasteiger partial charge on any atom is 0.322 e. The third-order valence-electron chi connectivity index (χ3n) is 3.63. The Bertz CT molecular complexity index is 472. The van der Waals surface area contributed by atoms with Crippen molar-refractivity contribution in [3.8, 4) is 0 Å². The predicted molar refractivity (Wildman–Crippen MR) is 96.0 cm³/mol. The van der Waals surface area contributed by atoms with E-state index in [0.29, 0.717) is 51.6 Å². The van der Waals surface area contributed by atoms with Crippen LogP contribution >= 0.6 is 0 Å². The Morgan fingerprint density at radius 3 is 1.77 bits per heavy atom. The number of carbonyl (C=O) groups is 4. The molecule has 0 unspecified atom stereocenters. The summed E-state index contributed by atoms with van der Waals surface area (Å²) in [6.07, 6.45) is 3.35. The Morgan fingerprint density at radius 2 is 1.35 bits per heavy atom. The van der Waals surface area contributed by atoms with E-state index in [2.05, 4.69) is 16.0 Å². The van der Waals surface area contributed by atoms with Crippen LogP contribution in [0, 0.1) is 0 Å². The molecule has 0 aromatic carbocycles. The lowest BCUT2D eigenvalue weighted by Gasteiger charge is -2.22. The summed E-state index contributed by atoms with van der Waals surface area (Å²) in [7, 11) is 0. The molecule has 0 aromatic rings. The summed E-state index contributed by atoms with van der Waals surface area (Å²) in [4.78, 5) is 46.6. The molecule has 0 bridgehead atoms. The molecule has 0 aliphatic carbocycles. The Morgan fingerprint density at radius 1 is 0.846 bits per heavy atom. The molecule has 8 N–H and O–H groups in total. The molecule has 0 heterocycles. The standard InChI is InChI=1S/C16H31N5O5/c1-11(22)20-13(7-3-5-9-18)16(26)21-12(6-2-4-8-17)15(25)19-10-14(23)24/h12-13H,2-10,17-18H2,1H3,(H,19,25)(H,20,22)(H,21,26)(H,23,24)/t12-,13-/m0/s1. The van der Waals surface area contributed by atoms with Crippen LogP contribution in [0.5, 0.6) is 0 Å². The highest BCUT2D eigenvalue weighted by Gasteiger charge is 2.25. The fraction of sp³-hybridized carbons (Fsp3) is 0.750. The fourth-order valence-corrected chi connectivity index (χ4v) is 2.33. The lowest BCUT2D eigenvalue weighted by Crippen LogP contribution is -2.54. The van der Waals surface area contributed by atoms with Gasteiger partial charge >= 0.3 is 5.97 Å². The summed E-state index contributed by atoms with van der Waals surface area (Å²) < 4.78 is 0. The van der Waals surface area contributed by atoms with Crippen molar-refractivity contribution in [1.82, 2.24) is 16.0 Å². The van der Waals surface area contributed by atoms with Gasteiger partial charge in [0.05, 0.1) is 0 Å². The van der Waals surface area contributed by atoms with Crippen molar-refractivity contribution >= 4 is 23.7 Å². The third kappa shape index (κ3) is 11.4. The highest BCUT2D eigenvalue weighted by atomic mass is 16.4. The van der Waals surface area contributed by atoms with Gasteiger partial charge in [0.25, 0.3) is 0 Å². The van der Waals surface area contributed by atoms with E-state index in [1.54, 1.807) is 0 Å². The normalized spacial score (nSPS) is 12.7. The summed E-state index contributed by atoms with van der Waals surface area (Å²) in [5.41, 5.74) is 10.9. The number of aliphatic carboxylic acids is 1. The Balaban J connectivity index is 4.90. The lowest BCUT2D eigenvalue weighted by atomic mass is 10.1. The zero-order valence-corrected chi connectivity index (χ0v) is 15.3. The van der Waals surface area contributed by atoms with Gasteiger partial charge in [0.15, 0.2) is 0 Å². The van der Waals surface area contributed by atoms with Crippen molar-refractivity contribution < 1.29 is 24.3 Å². The summed E-state index contributed by atoms with van der Waals surface area (Å²) in [6.45, 7) is 1.70. The van der Waals surface area contributed by atoms with Gasteiger partial charge in [-0.15, -0.1) is 0 Å². The van der Waals surface area contributed by atoms with Gasteiger partial charge in [-0.1, -0.05) is 0 Å². The number of hydrogen-bond acceptors (Lipinski definition) is 6. The second kappa shape index (κ2) is 14.0. The Kier molecular flexibility index (Phi) is 12.8.